The molecule has 6 heteroatoms. The summed E-state index contributed by atoms with van der Waals surface area (Å²) in [7, 11) is 0. The number of hydrogen-bond donors (Lipinski definition) is 1. The molecule has 0 fully saturated rings. The molecule has 0 saturated carbocycles. The van der Waals surface area contributed by atoms with Gasteiger partial charge in [0.05, 0.1) is 5.69 Å². The van der Waals surface area contributed by atoms with Crippen LogP contribution in [0.25, 0.3) is 0 Å². The van der Waals surface area contributed by atoms with E-state index in [9.17, 15) is 8.78 Å². The van der Waals surface area contributed by atoms with E-state index in [1.165, 1.54) is 12.1 Å². The molecule has 2 aromatic rings. The Balaban J connectivity index is 2.07. The second-order valence-electron chi connectivity index (χ2n) is 4.49. The summed E-state index contributed by atoms with van der Waals surface area (Å²) in [6.07, 6.45) is 1.71. The molecular formula is C15H15ClF2N2O. The fourth-order valence-electron chi connectivity index (χ4n) is 1.90. The Labute approximate surface area is 126 Å². The minimum absolute atomic E-state index is 0.0235. The van der Waals surface area contributed by atoms with Crippen molar-refractivity contribution in [3.05, 3.63) is 58.9 Å². The number of pyridine rings is 1. The maximum atomic E-state index is 12.4. The molecule has 0 aliphatic heterocycles. The van der Waals surface area contributed by atoms with Crippen molar-refractivity contribution in [2.24, 2.45) is 0 Å². The Bertz CT molecular complexity index is 581. The molecule has 112 valence electrons. The van der Waals surface area contributed by atoms with Crippen LogP contribution in [-0.4, -0.2) is 11.6 Å². The number of benzene rings is 1. The van der Waals surface area contributed by atoms with Crippen LogP contribution in [0.4, 0.5) is 8.78 Å². The zero-order valence-corrected chi connectivity index (χ0v) is 12.1. The van der Waals surface area contributed by atoms with Crippen molar-refractivity contribution in [3.63, 3.8) is 0 Å². The molecule has 1 aromatic carbocycles. The van der Waals surface area contributed by atoms with Gasteiger partial charge in [-0.2, -0.15) is 8.78 Å². The van der Waals surface area contributed by atoms with Crippen LogP contribution in [0.3, 0.4) is 0 Å². The van der Waals surface area contributed by atoms with Crippen molar-refractivity contribution in [2.45, 2.75) is 26.1 Å². The van der Waals surface area contributed by atoms with Gasteiger partial charge in [0, 0.05) is 29.4 Å². The molecule has 3 nitrogen and oxygen atoms in total. The van der Waals surface area contributed by atoms with Crippen LogP contribution in [0.2, 0.25) is 5.02 Å². The molecule has 0 spiro atoms. The topological polar surface area (TPSA) is 34.1 Å². The van der Waals surface area contributed by atoms with Crippen molar-refractivity contribution >= 4 is 11.6 Å². The Morgan fingerprint density at radius 1 is 1.29 bits per heavy atom. The summed E-state index contributed by atoms with van der Waals surface area (Å²) in [6, 6.07) is 10.2. The van der Waals surface area contributed by atoms with Crippen LogP contribution in [0.1, 0.15) is 24.2 Å². The van der Waals surface area contributed by atoms with E-state index < -0.39 is 6.61 Å². The summed E-state index contributed by atoms with van der Waals surface area (Å²) >= 11 is 5.90. The molecular weight excluding hydrogens is 298 g/mol. The third kappa shape index (κ3) is 4.65. The maximum absolute atomic E-state index is 12.4. The zero-order valence-electron chi connectivity index (χ0n) is 11.4. The van der Waals surface area contributed by atoms with Crippen LogP contribution in [-0.2, 0) is 6.54 Å². The van der Waals surface area contributed by atoms with Crippen LogP contribution in [0, 0.1) is 0 Å². The lowest BCUT2D eigenvalue weighted by atomic mass is 10.1. The van der Waals surface area contributed by atoms with Crippen LogP contribution in [0.15, 0.2) is 42.6 Å². The van der Waals surface area contributed by atoms with Crippen LogP contribution >= 0.6 is 11.6 Å². The van der Waals surface area contributed by atoms with Crippen molar-refractivity contribution < 1.29 is 13.5 Å². The molecule has 0 radical (unpaired) electrons. The Morgan fingerprint density at radius 2 is 2.10 bits per heavy atom. The first-order valence-electron chi connectivity index (χ1n) is 6.44. The highest BCUT2D eigenvalue weighted by molar-refractivity contribution is 6.30. The molecule has 1 heterocycles. The highest BCUT2D eigenvalue weighted by Crippen LogP contribution is 2.25. The average molecular weight is 313 g/mol. The predicted octanol–water partition coefficient (Wildman–Crippen LogP) is 4.19. The van der Waals surface area contributed by atoms with E-state index >= 15 is 0 Å². The van der Waals surface area contributed by atoms with Crippen LogP contribution in [0.5, 0.6) is 5.75 Å². The van der Waals surface area contributed by atoms with E-state index in [1.54, 1.807) is 12.3 Å². The van der Waals surface area contributed by atoms with E-state index in [2.05, 4.69) is 15.0 Å². The first-order valence-corrected chi connectivity index (χ1v) is 6.81. The number of hydrogen-bond acceptors (Lipinski definition) is 3. The Kier molecular flexibility index (Phi) is 5.47. The van der Waals surface area contributed by atoms with Crippen molar-refractivity contribution in [1.82, 2.24) is 10.3 Å². The number of rotatable bonds is 6. The standard InChI is InChI=1S/C15H15ClF2N2O/c1-10(13-4-2-3-7-19-13)20-9-11-8-12(16)5-6-14(11)21-15(17)18/h2-8,10,15,20H,9H2,1H3. The fraction of sp³-hybridized carbons (Fsp3) is 0.267. The maximum Gasteiger partial charge on any atom is 0.387 e. The van der Waals surface area contributed by atoms with E-state index in [1.807, 2.05) is 25.1 Å². The summed E-state index contributed by atoms with van der Waals surface area (Å²) in [6.45, 7) is -0.570. The first-order chi connectivity index (χ1) is 10.1. The molecule has 21 heavy (non-hydrogen) atoms. The van der Waals surface area contributed by atoms with Crippen molar-refractivity contribution in [1.29, 1.82) is 0 Å². The summed E-state index contributed by atoms with van der Waals surface area (Å²) in [5, 5.41) is 3.68. The molecule has 1 aromatic heterocycles. The number of ether oxygens (including phenoxy) is 1. The normalized spacial score (nSPS) is 12.4. The molecule has 0 saturated heterocycles. The number of nitrogens with zero attached hydrogens (tertiary/aromatic N) is 1. The quantitative estimate of drug-likeness (QED) is 0.868. The molecule has 1 atom stereocenters. The Morgan fingerprint density at radius 3 is 2.76 bits per heavy atom. The second-order valence-corrected chi connectivity index (χ2v) is 4.92. The molecule has 0 aliphatic carbocycles. The van der Waals surface area contributed by atoms with Gasteiger partial charge in [-0.25, -0.2) is 0 Å². The monoisotopic (exact) mass is 312 g/mol. The van der Waals surface area contributed by atoms with Gasteiger partial charge in [-0.3, -0.25) is 4.98 Å². The van der Waals surface area contributed by atoms with E-state index in [0.717, 1.165) is 5.69 Å². The van der Waals surface area contributed by atoms with Gasteiger partial charge < -0.3 is 10.1 Å². The van der Waals surface area contributed by atoms with Crippen molar-refractivity contribution in [3.8, 4) is 5.75 Å². The van der Waals surface area contributed by atoms with Gasteiger partial charge >= 0.3 is 6.61 Å². The van der Waals surface area contributed by atoms with Gasteiger partial charge in [-0.15, -0.1) is 0 Å². The molecule has 0 bridgehead atoms. The number of halogens is 3. The molecule has 0 amide bonds. The highest BCUT2D eigenvalue weighted by atomic mass is 35.5. The number of aromatic nitrogens is 1. The van der Waals surface area contributed by atoms with Gasteiger partial charge in [0.15, 0.2) is 0 Å². The van der Waals surface area contributed by atoms with E-state index in [0.29, 0.717) is 17.1 Å². The Hall–Kier alpha value is -1.72. The molecule has 1 unspecified atom stereocenters. The number of alkyl halides is 2. The number of nitrogens with one attached hydrogen (secondary N) is 1. The van der Waals surface area contributed by atoms with Gasteiger partial charge in [0.25, 0.3) is 0 Å². The lowest BCUT2D eigenvalue weighted by Crippen LogP contribution is -2.19. The smallest absolute Gasteiger partial charge is 0.387 e. The molecule has 2 rings (SSSR count). The third-order valence-electron chi connectivity index (χ3n) is 2.97. The van der Waals surface area contributed by atoms with E-state index in [4.69, 9.17) is 11.6 Å². The van der Waals surface area contributed by atoms with Crippen molar-refractivity contribution in [2.75, 3.05) is 0 Å². The van der Waals surface area contributed by atoms with Gasteiger partial charge in [-0.1, -0.05) is 17.7 Å². The summed E-state index contributed by atoms with van der Waals surface area (Å²) in [5.41, 5.74) is 1.45. The lowest BCUT2D eigenvalue weighted by Gasteiger charge is -2.16. The van der Waals surface area contributed by atoms with Crippen LogP contribution < -0.4 is 10.1 Å². The molecule has 0 aliphatic rings. The SMILES string of the molecule is CC(NCc1cc(Cl)ccc1OC(F)F)c1ccccn1. The summed E-state index contributed by atoms with van der Waals surface area (Å²) in [5.74, 6) is 0.120. The minimum Gasteiger partial charge on any atom is -0.434 e. The third-order valence-corrected chi connectivity index (χ3v) is 3.20. The largest absolute Gasteiger partial charge is 0.434 e. The second kappa shape index (κ2) is 7.33. The fourth-order valence-corrected chi connectivity index (χ4v) is 2.09. The minimum atomic E-state index is -2.86. The average Bonchev–Trinajstić information content (AvgIpc) is 2.47. The first kappa shape index (κ1) is 15.7. The zero-order chi connectivity index (χ0) is 15.2. The summed E-state index contributed by atoms with van der Waals surface area (Å²) in [4.78, 5) is 4.24. The van der Waals surface area contributed by atoms with Gasteiger partial charge in [0.1, 0.15) is 5.75 Å². The predicted molar refractivity (Wildman–Crippen MR) is 77.6 cm³/mol. The van der Waals surface area contributed by atoms with Gasteiger partial charge in [-0.05, 0) is 37.3 Å². The van der Waals surface area contributed by atoms with E-state index in [-0.39, 0.29) is 11.8 Å². The lowest BCUT2D eigenvalue weighted by molar-refractivity contribution is -0.0505. The summed E-state index contributed by atoms with van der Waals surface area (Å²) < 4.78 is 29.2. The highest BCUT2D eigenvalue weighted by Gasteiger charge is 2.12. The molecule has 1 N–H and O–H groups in total. The van der Waals surface area contributed by atoms with Gasteiger partial charge in [0.2, 0.25) is 0 Å².